The summed E-state index contributed by atoms with van der Waals surface area (Å²) in [7, 11) is 0. The SMILES string of the molecule is N=C(N)c1cc2ccccc2nc1-n1cc(Cl)cn1. The molecule has 0 fully saturated rings. The van der Waals surface area contributed by atoms with E-state index < -0.39 is 0 Å². The van der Waals surface area contributed by atoms with Crippen molar-refractivity contribution in [2.45, 2.75) is 0 Å². The van der Waals surface area contributed by atoms with Gasteiger partial charge in [-0.3, -0.25) is 5.41 Å². The molecule has 0 atom stereocenters. The van der Waals surface area contributed by atoms with Crippen LogP contribution in [-0.2, 0) is 0 Å². The van der Waals surface area contributed by atoms with Crippen molar-refractivity contribution in [3.05, 3.63) is 53.3 Å². The van der Waals surface area contributed by atoms with Crippen LogP contribution >= 0.6 is 11.6 Å². The van der Waals surface area contributed by atoms with Crippen molar-refractivity contribution in [1.29, 1.82) is 5.41 Å². The average Bonchev–Trinajstić information content (AvgIpc) is 2.83. The van der Waals surface area contributed by atoms with Crippen LogP contribution in [0.15, 0.2) is 42.7 Å². The van der Waals surface area contributed by atoms with Crippen LogP contribution in [0.3, 0.4) is 0 Å². The second-order valence-electron chi connectivity index (χ2n) is 4.07. The van der Waals surface area contributed by atoms with E-state index in [-0.39, 0.29) is 5.84 Å². The predicted molar refractivity (Wildman–Crippen MR) is 74.9 cm³/mol. The van der Waals surface area contributed by atoms with Crippen molar-refractivity contribution in [1.82, 2.24) is 14.8 Å². The van der Waals surface area contributed by atoms with Gasteiger partial charge in [0, 0.05) is 5.39 Å². The minimum Gasteiger partial charge on any atom is -0.384 e. The molecule has 3 aromatic rings. The fourth-order valence-corrected chi connectivity index (χ4v) is 2.03. The van der Waals surface area contributed by atoms with E-state index in [1.165, 1.54) is 10.9 Å². The van der Waals surface area contributed by atoms with E-state index >= 15 is 0 Å². The van der Waals surface area contributed by atoms with Gasteiger partial charge in [0.2, 0.25) is 0 Å². The van der Waals surface area contributed by atoms with E-state index in [9.17, 15) is 0 Å². The summed E-state index contributed by atoms with van der Waals surface area (Å²) in [6.45, 7) is 0. The molecule has 3 N–H and O–H groups in total. The smallest absolute Gasteiger partial charge is 0.164 e. The molecule has 0 unspecified atom stereocenters. The summed E-state index contributed by atoms with van der Waals surface area (Å²) in [5.74, 6) is 0.443. The van der Waals surface area contributed by atoms with Crippen LogP contribution in [0.2, 0.25) is 5.02 Å². The van der Waals surface area contributed by atoms with Crippen molar-refractivity contribution in [3.63, 3.8) is 0 Å². The lowest BCUT2D eigenvalue weighted by Crippen LogP contribution is -2.16. The maximum atomic E-state index is 7.67. The lowest BCUT2D eigenvalue weighted by atomic mass is 10.1. The molecule has 1 aromatic carbocycles. The number of nitrogens with zero attached hydrogens (tertiary/aromatic N) is 3. The Bertz CT molecular complexity index is 778. The van der Waals surface area contributed by atoms with E-state index in [0.717, 1.165) is 10.9 Å². The number of halogens is 1. The zero-order valence-electron chi connectivity index (χ0n) is 9.84. The second kappa shape index (κ2) is 4.37. The zero-order chi connectivity index (χ0) is 13.4. The van der Waals surface area contributed by atoms with Crippen LogP contribution in [0.4, 0.5) is 0 Å². The molecule has 0 amide bonds. The van der Waals surface area contributed by atoms with Gasteiger partial charge >= 0.3 is 0 Å². The van der Waals surface area contributed by atoms with Crippen LogP contribution in [0, 0.1) is 5.41 Å². The molecule has 6 heteroatoms. The number of amidine groups is 1. The molecule has 2 aromatic heterocycles. The van der Waals surface area contributed by atoms with Crippen LogP contribution in [0.25, 0.3) is 16.7 Å². The first-order valence-electron chi connectivity index (χ1n) is 5.60. The van der Waals surface area contributed by atoms with Gasteiger partial charge in [0.25, 0.3) is 0 Å². The first-order valence-corrected chi connectivity index (χ1v) is 5.97. The summed E-state index contributed by atoms with van der Waals surface area (Å²) < 4.78 is 1.52. The number of pyridine rings is 1. The second-order valence-corrected chi connectivity index (χ2v) is 4.51. The van der Waals surface area contributed by atoms with Crippen LogP contribution in [0.5, 0.6) is 0 Å². The third-order valence-electron chi connectivity index (χ3n) is 2.76. The van der Waals surface area contributed by atoms with Crippen LogP contribution in [-0.4, -0.2) is 20.6 Å². The van der Waals surface area contributed by atoms with E-state index in [4.69, 9.17) is 22.7 Å². The van der Waals surface area contributed by atoms with Gasteiger partial charge in [0.1, 0.15) is 5.84 Å². The van der Waals surface area contributed by atoms with Gasteiger partial charge in [0.05, 0.1) is 28.5 Å². The monoisotopic (exact) mass is 271 g/mol. The molecule has 0 bridgehead atoms. The number of nitrogen functional groups attached to an aromatic ring is 1. The highest BCUT2D eigenvalue weighted by Crippen LogP contribution is 2.20. The summed E-state index contributed by atoms with van der Waals surface area (Å²) in [6, 6.07) is 9.47. The van der Waals surface area contributed by atoms with Gasteiger partial charge in [-0.2, -0.15) is 5.10 Å². The molecule has 2 heterocycles. The highest BCUT2D eigenvalue weighted by Gasteiger charge is 2.12. The minimum absolute atomic E-state index is 0.0557. The van der Waals surface area contributed by atoms with E-state index in [2.05, 4.69) is 10.1 Å². The minimum atomic E-state index is -0.0557. The van der Waals surface area contributed by atoms with Gasteiger partial charge in [-0.05, 0) is 12.1 Å². The Morgan fingerprint density at radius 3 is 2.79 bits per heavy atom. The number of benzene rings is 1. The van der Waals surface area contributed by atoms with E-state index in [1.54, 1.807) is 6.20 Å². The predicted octanol–water partition coefficient (Wildman–Crippen LogP) is 2.36. The lowest BCUT2D eigenvalue weighted by Gasteiger charge is -2.09. The Labute approximate surface area is 114 Å². The number of hydrogen-bond acceptors (Lipinski definition) is 3. The summed E-state index contributed by atoms with van der Waals surface area (Å²) >= 11 is 5.86. The Morgan fingerprint density at radius 1 is 1.32 bits per heavy atom. The molecule has 0 saturated carbocycles. The van der Waals surface area contributed by atoms with Gasteiger partial charge in [0.15, 0.2) is 5.82 Å². The molecule has 0 aliphatic heterocycles. The van der Waals surface area contributed by atoms with Crippen LogP contribution < -0.4 is 5.73 Å². The molecule has 0 aliphatic carbocycles. The Kier molecular flexibility index (Phi) is 2.68. The van der Waals surface area contributed by atoms with Gasteiger partial charge in [-0.1, -0.05) is 29.8 Å². The maximum Gasteiger partial charge on any atom is 0.164 e. The number of hydrogen-bond donors (Lipinski definition) is 2. The van der Waals surface area contributed by atoms with E-state index in [1.807, 2.05) is 30.3 Å². The summed E-state index contributed by atoms with van der Waals surface area (Å²) in [6.07, 6.45) is 3.15. The molecule has 0 radical (unpaired) electrons. The number of nitrogens with one attached hydrogen (secondary N) is 1. The largest absolute Gasteiger partial charge is 0.384 e. The zero-order valence-corrected chi connectivity index (χ0v) is 10.6. The van der Waals surface area contributed by atoms with Gasteiger partial charge < -0.3 is 5.73 Å². The van der Waals surface area contributed by atoms with Gasteiger partial charge in [-0.25, -0.2) is 9.67 Å². The Morgan fingerprint density at radius 2 is 2.11 bits per heavy atom. The standard InChI is InChI=1S/C13H10ClN5/c14-9-6-17-19(7-9)13-10(12(15)16)5-8-3-1-2-4-11(8)18-13/h1-7H,(H3,15,16). The highest BCUT2D eigenvalue weighted by molar-refractivity contribution is 6.30. The summed E-state index contributed by atoms with van der Waals surface area (Å²) in [5.41, 5.74) is 6.96. The number of rotatable bonds is 2. The molecular weight excluding hydrogens is 262 g/mol. The van der Waals surface area contributed by atoms with Crippen molar-refractivity contribution in [2.24, 2.45) is 5.73 Å². The fourth-order valence-electron chi connectivity index (χ4n) is 1.90. The topological polar surface area (TPSA) is 80.6 Å². The van der Waals surface area contributed by atoms with Gasteiger partial charge in [-0.15, -0.1) is 0 Å². The Hall–Kier alpha value is -2.40. The molecular formula is C13H10ClN5. The molecule has 0 aliphatic rings. The fraction of sp³-hybridized carbons (Fsp3) is 0. The van der Waals surface area contributed by atoms with Crippen molar-refractivity contribution in [3.8, 4) is 5.82 Å². The highest BCUT2D eigenvalue weighted by atomic mass is 35.5. The lowest BCUT2D eigenvalue weighted by molar-refractivity contribution is 0.850. The van der Waals surface area contributed by atoms with Crippen molar-refractivity contribution in [2.75, 3.05) is 0 Å². The molecule has 19 heavy (non-hydrogen) atoms. The third-order valence-corrected chi connectivity index (χ3v) is 2.96. The molecule has 0 spiro atoms. The molecule has 3 rings (SSSR count). The number of nitrogens with two attached hydrogens (primary N) is 1. The molecule has 5 nitrogen and oxygen atoms in total. The third kappa shape index (κ3) is 2.04. The van der Waals surface area contributed by atoms with Crippen molar-refractivity contribution < 1.29 is 0 Å². The first kappa shape index (κ1) is 11.7. The maximum absolute atomic E-state index is 7.67. The van der Waals surface area contributed by atoms with E-state index in [0.29, 0.717) is 16.4 Å². The number of aromatic nitrogens is 3. The quantitative estimate of drug-likeness (QED) is 0.554. The number of para-hydroxylation sites is 1. The molecule has 0 saturated heterocycles. The number of fused-ring (bicyclic) bond motifs is 1. The summed E-state index contributed by atoms with van der Waals surface area (Å²) in [5, 5.41) is 13.2. The average molecular weight is 272 g/mol. The Balaban J connectivity index is 2.32. The van der Waals surface area contributed by atoms with Crippen molar-refractivity contribution >= 4 is 28.3 Å². The first-order chi connectivity index (χ1) is 9.15. The van der Waals surface area contributed by atoms with Crippen LogP contribution in [0.1, 0.15) is 5.56 Å². The summed E-state index contributed by atoms with van der Waals surface area (Å²) in [4.78, 5) is 4.50. The molecule has 94 valence electrons. The normalized spacial score (nSPS) is 10.8.